The number of rotatable bonds is 5. The molecule has 0 saturated carbocycles. The molecule has 0 amide bonds. The molecule has 0 spiro atoms. The van der Waals surface area contributed by atoms with Crippen LogP contribution in [0.4, 0.5) is 11.4 Å². The predicted molar refractivity (Wildman–Crippen MR) is 110 cm³/mol. The van der Waals surface area contributed by atoms with Crippen molar-refractivity contribution in [3.63, 3.8) is 0 Å². The largest absolute Gasteiger partial charge is 0.497 e. The molecule has 0 unspecified atom stereocenters. The molecule has 0 atom stereocenters. The maximum absolute atomic E-state index is 8.22. The monoisotopic (exact) mass is 382 g/mol. The van der Waals surface area contributed by atoms with Crippen molar-refractivity contribution < 1.29 is 9.47 Å². The van der Waals surface area contributed by atoms with E-state index in [-0.39, 0.29) is 0 Å². The number of nitrogens with zero attached hydrogens (tertiary/aromatic N) is 2. The molecule has 1 heterocycles. The van der Waals surface area contributed by atoms with E-state index in [1.165, 1.54) is 11.5 Å². The second-order valence-corrected chi connectivity index (χ2v) is 6.93. The molecule has 6 nitrogen and oxygen atoms in total. The Kier molecular flexibility index (Phi) is 5.93. The Morgan fingerprint density at radius 3 is 2.33 bits per heavy atom. The number of aromatic nitrogens is 1. The van der Waals surface area contributed by atoms with E-state index >= 15 is 0 Å². The summed E-state index contributed by atoms with van der Waals surface area (Å²) in [5.74, 6) is 2.15. The van der Waals surface area contributed by atoms with Crippen LogP contribution in [-0.2, 0) is 0 Å². The first kappa shape index (κ1) is 18.7. The van der Waals surface area contributed by atoms with Gasteiger partial charge < -0.3 is 14.8 Å². The van der Waals surface area contributed by atoms with Crippen LogP contribution in [0.2, 0.25) is 0 Å². The molecule has 1 aromatic heterocycles. The van der Waals surface area contributed by atoms with E-state index in [0.717, 1.165) is 27.8 Å². The summed E-state index contributed by atoms with van der Waals surface area (Å²) >= 11 is 1.47. The van der Waals surface area contributed by atoms with Crippen LogP contribution in [0.3, 0.4) is 0 Å². The van der Waals surface area contributed by atoms with Crippen molar-refractivity contribution in [3.8, 4) is 11.5 Å². The van der Waals surface area contributed by atoms with Crippen LogP contribution in [0.5, 0.6) is 11.5 Å². The average Bonchev–Trinajstić information content (AvgIpc) is 3.01. The molecule has 0 fully saturated rings. The Balaban J connectivity index is 1.96. The molecule has 7 heteroatoms. The van der Waals surface area contributed by atoms with E-state index in [0.29, 0.717) is 18.1 Å². The molecular formula is C20H22N4O2S. The first-order chi connectivity index (χ1) is 13.1. The first-order valence-electron chi connectivity index (χ1n) is 8.56. The average molecular weight is 382 g/mol. The third-order valence-electron chi connectivity index (χ3n) is 3.72. The quantitative estimate of drug-likeness (QED) is 0.508. The number of ether oxygens (including phenoxy) is 2. The van der Waals surface area contributed by atoms with Gasteiger partial charge in [-0.15, -0.1) is 0 Å². The van der Waals surface area contributed by atoms with E-state index in [1.807, 2.05) is 68.4 Å². The maximum atomic E-state index is 8.22. The van der Waals surface area contributed by atoms with E-state index in [1.54, 1.807) is 11.1 Å². The minimum absolute atomic E-state index is 0.378. The third-order valence-corrected chi connectivity index (χ3v) is 4.67. The van der Waals surface area contributed by atoms with E-state index in [9.17, 15) is 0 Å². The minimum Gasteiger partial charge on any atom is -0.497 e. The van der Waals surface area contributed by atoms with Crippen molar-refractivity contribution >= 4 is 28.9 Å². The summed E-state index contributed by atoms with van der Waals surface area (Å²) in [5.41, 5.74) is 2.01. The number of hydrogen-bond donors (Lipinski definition) is 2. The molecule has 0 radical (unpaired) electrons. The molecule has 0 aliphatic carbocycles. The number of aliphatic imine (C=N–C) groups is 1. The zero-order valence-corrected chi connectivity index (χ0v) is 16.3. The molecule has 2 N–H and O–H groups in total. The van der Waals surface area contributed by atoms with Gasteiger partial charge in [0.05, 0.1) is 19.4 Å². The lowest BCUT2D eigenvalue weighted by molar-refractivity contribution is 0.340. The second-order valence-electron chi connectivity index (χ2n) is 5.74. The zero-order chi connectivity index (χ0) is 19.2. The van der Waals surface area contributed by atoms with Crippen molar-refractivity contribution in [1.82, 2.24) is 3.96 Å². The Morgan fingerprint density at radius 1 is 1.11 bits per heavy atom. The lowest BCUT2D eigenvalue weighted by atomic mass is 10.3. The van der Waals surface area contributed by atoms with Gasteiger partial charge in [0, 0.05) is 10.6 Å². The molecule has 140 valence electrons. The van der Waals surface area contributed by atoms with Crippen LogP contribution in [-0.4, -0.2) is 23.6 Å². The normalized spacial score (nSPS) is 11.3. The highest BCUT2D eigenvalue weighted by atomic mass is 32.1. The summed E-state index contributed by atoms with van der Waals surface area (Å²) in [6, 6.07) is 17.0. The molecule has 3 rings (SSSR count). The molecular weight excluding hydrogens is 360 g/mol. The highest BCUT2D eigenvalue weighted by molar-refractivity contribution is 7.07. The highest BCUT2D eigenvalue weighted by Gasteiger charge is 2.08. The molecule has 0 saturated heterocycles. The predicted octanol–water partition coefficient (Wildman–Crippen LogP) is 4.39. The third kappa shape index (κ3) is 4.77. The number of hydrogen-bond acceptors (Lipinski definition) is 5. The molecule has 0 aliphatic rings. The highest BCUT2D eigenvalue weighted by Crippen LogP contribution is 2.20. The van der Waals surface area contributed by atoms with Crippen molar-refractivity contribution in [2.24, 2.45) is 4.99 Å². The van der Waals surface area contributed by atoms with Crippen LogP contribution in [0.25, 0.3) is 0 Å². The Labute approximate surface area is 162 Å². The van der Waals surface area contributed by atoms with Crippen molar-refractivity contribution in [2.45, 2.75) is 13.8 Å². The molecule has 0 bridgehead atoms. The number of benzene rings is 2. The first-order valence-corrected chi connectivity index (χ1v) is 9.34. The molecule has 3 aromatic rings. The fourth-order valence-electron chi connectivity index (χ4n) is 2.46. The van der Waals surface area contributed by atoms with Gasteiger partial charge in [-0.1, -0.05) is 11.5 Å². The van der Waals surface area contributed by atoms with Crippen molar-refractivity contribution in [3.05, 3.63) is 65.0 Å². The van der Waals surface area contributed by atoms with Gasteiger partial charge >= 0.3 is 0 Å². The number of aryl methyl sites for hydroxylation is 1. The smallest absolute Gasteiger partial charge is 0.223 e. The summed E-state index contributed by atoms with van der Waals surface area (Å²) in [4.78, 5) is 5.75. The van der Waals surface area contributed by atoms with E-state index in [2.05, 4.69) is 5.32 Å². The SMILES string of the molecule is CCOc1ccc(N=C(Nc2ccc(OC)cc2)n2sc(C)cc2=N)cc1. The summed E-state index contributed by atoms with van der Waals surface area (Å²) in [6.07, 6.45) is 0. The Bertz CT molecular complexity index is 972. The molecule has 27 heavy (non-hydrogen) atoms. The lowest BCUT2D eigenvalue weighted by Gasteiger charge is -2.11. The van der Waals surface area contributed by atoms with Gasteiger partial charge in [-0.3, -0.25) is 5.41 Å². The topological polar surface area (TPSA) is 71.6 Å². The van der Waals surface area contributed by atoms with Crippen LogP contribution in [0, 0.1) is 12.3 Å². The summed E-state index contributed by atoms with van der Waals surface area (Å²) in [5, 5.41) is 11.5. The van der Waals surface area contributed by atoms with Crippen molar-refractivity contribution in [2.75, 3.05) is 19.0 Å². The summed E-state index contributed by atoms with van der Waals surface area (Å²) < 4.78 is 12.4. The Hall–Kier alpha value is -3.06. The zero-order valence-electron chi connectivity index (χ0n) is 15.5. The van der Waals surface area contributed by atoms with Crippen LogP contribution in [0.15, 0.2) is 59.6 Å². The van der Waals surface area contributed by atoms with Crippen LogP contribution in [0.1, 0.15) is 11.8 Å². The lowest BCUT2D eigenvalue weighted by Crippen LogP contribution is -2.28. The van der Waals surface area contributed by atoms with Gasteiger partial charge in [0.25, 0.3) is 0 Å². The number of nitrogens with one attached hydrogen (secondary N) is 2. The van der Waals surface area contributed by atoms with Gasteiger partial charge in [-0.05, 0) is 68.4 Å². The Morgan fingerprint density at radius 2 is 1.78 bits per heavy atom. The van der Waals surface area contributed by atoms with Gasteiger partial charge in [-0.25, -0.2) is 8.95 Å². The number of anilines is 1. The minimum atomic E-state index is 0.378. The van der Waals surface area contributed by atoms with Gasteiger partial charge in [-0.2, -0.15) is 0 Å². The van der Waals surface area contributed by atoms with E-state index < -0.39 is 0 Å². The fourth-order valence-corrected chi connectivity index (χ4v) is 3.24. The van der Waals surface area contributed by atoms with Gasteiger partial charge in [0.2, 0.25) is 5.96 Å². The molecule has 0 aliphatic heterocycles. The summed E-state index contributed by atoms with van der Waals surface area (Å²) in [6.45, 7) is 4.55. The van der Waals surface area contributed by atoms with Gasteiger partial charge in [0.15, 0.2) is 0 Å². The van der Waals surface area contributed by atoms with Crippen molar-refractivity contribution in [1.29, 1.82) is 5.41 Å². The summed E-state index contributed by atoms with van der Waals surface area (Å²) in [7, 11) is 1.64. The van der Waals surface area contributed by atoms with Crippen LogP contribution >= 0.6 is 11.5 Å². The van der Waals surface area contributed by atoms with Crippen LogP contribution < -0.4 is 20.3 Å². The van der Waals surface area contributed by atoms with E-state index in [4.69, 9.17) is 19.9 Å². The number of methoxy groups -OCH3 is 1. The van der Waals surface area contributed by atoms with Gasteiger partial charge in [0.1, 0.15) is 17.0 Å². The maximum Gasteiger partial charge on any atom is 0.223 e. The fraction of sp³-hybridized carbons (Fsp3) is 0.200. The standard InChI is InChI=1S/C20H22N4O2S/c1-4-26-18-11-7-16(8-12-18)23-20(24-19(21)13-14(2)27-24)22-15-5-9-17(25-3)10-6-15/h5-13,21H,4H2,1-3H3,(H,22,23). The molecule has 2 aromatic carbocycles. The second kappa shape index (κ2) is 8.55.